The largest absolute Gasteiger partial charge is 0.307 e. The first kappa shape index (κ1) is 14.0. The van der Waals surface area contributed by atoms with E-state index in [9.17, 15) is 0 Å². The van der Waals surface area contributed by atoms with Crippen LogP contribution in [-0.2, 0) is 6.54 Å². The van der Waals surface area contributed by atoms with Gasteiger partial charge in [0.1, 0.15) is 0 Å². The van der Waals surface area contributed by atoms with Gasteiger partial charge in [-0.15, -0.1) is 11.6 Å². The first-order valence-electron chi connectivity index (χ1n) is 5.65. The molecule has 0 aliphatic rings. The molecular formula is C13H19BrClN. The first-order valence-corrected chi connectivity index (χ1v) is 6.98. The van der Waals surface area contributed by atoms with Gasteiger partial charge in [0.2, 0.25) is 0 Å². The number of nitrogens with one attached hydrogen (secondary N) is 1. The molecule has 1 aromatic rings. The summed E-state index contributed by atoms with van der Waals surface area (Å²) in [6.45, 7) is 5.30. The van der Waals surface area contributed by atoms with E-state index in [4.69, 9.17) is 11.6 Å². The van der Waals surface area contributed by atoms with Gasteiger partial charge in [0.25, 0.3) is 0 Å². The predicted octanol–water partition coefficient (Wildman–Crippen LogP) is 4.34. The number of rotatable bonds is 6. The lowest BCUT2D eigenvalue weighted by molar-refractivity contribution is 0.331. The van der Waals surface area contributed by atoms with Gasteiger partial charge in [0, 0.05) is 22.4 Å². The molecule has 0 saturated heterocycles. The second-order valence-corrected chi connectivity index (χ2v) is 5.53. The van der Waals surface area contributed by atoms with Gasteiger partial charge in [-0.05, 0) is 31.4 Å². The van der Waals surface area contributed by atoms with E-state index in [1.54, 1.807) is 0 Å². The first-order chi connectivity index (χ1) is 7.61. The zero-order valence-electron chi connectivity index (χ0n) is 9.89. The quantitative estimate of drug-likeness (QED) is 0.771. The van der Waals surface area contributed by atoms with Gasteiger partial charge in [-0.3, -0.25) is 0 Å². The van der Waals surface area contributed by atoms with E-state index in [1.807, 2.05) is 6.07 Å². The van der Waals surface area contributed by atoms with Crippen LogP contribution in [0.4, 0.5) is 0 Å². The van der Waals surface area contributed by atoms with Gasteiger partial charge in [-0.25, -0.2) is 0 Å². The van der Waals surface area contributed by atoms with Gasteiger partial charge >= 0.3 is 0 Å². The van der Waals surface area contributed by atoms with Crippen molar-refractivity contribution in [1.82, 2.24) is 5.32 Å². The number of halogens is 2. The molecule has 1 atom stereocenters. The molecule has 0 spiro atoms. The van der Waals surface area contributed by atoms with Crippen molar-refractivity contribution in [3.63, 3.8) is 0 Å². The Morgan fingerprint density at radius 2 is 2.06 bits per heavy atom. The van der Waals surface area contributed by atoms with E-state index in [1.165, 1.54) is 5.56 Å². The van der Waals surface area contributed by atoms with E-state index >= 15 is 0 Å². The molecule has 0 bridgehead atoms. The summed E-state index contributed by atoms with van der Waals surface area (Å²) in [6, 6.07) is 8.30. The second kappa shape index (κ2) is 6.63. The summed E-state index contributed by atoms with van der Waals surface area (Å²) in [5.41, 5.74) is 1.42. The third-order valence-electron chi connectivity index (χ3n) is 3.09. The Balaban J connectivity index is 2.59. The minimum Gasteiger partial charge on any atom is -0.307 e. The van der Waals surface area contributed by atoms with Crippen molar-refractivity contribution < 1.29 is 0 Å². The highest BCUT2D eigenvalue weighted by molar-refractivity contribution is 9.10. The van der Waals surface area contributed by atoms with E-state index in [0.29, 0.717) is 5.88 Å². The van der Waals surface area contributed by atoms with E-state index in [-0.39, 0.29) is 5.54 Å². The van der Waals surface area contributed by atoms with Gasteiger partial charge in [-0.1, -0.05) is 41.1 Å². The summed E-state index contributed by atoms with van der Waals surface area (Å²) in [5.74, 6) is 0.702. The fourth-order valence-electron chi connectivity index (χ4n) is 1.55. The van der Waals surface area contributed by atoms with Crippen molar-refractivity contribution in [2.45, 2.75) is 38.8 Å². The summed E-state index contributed by atoms with van der Waals surface area (Å²) in [7, 11) is 0. The summed E-state index contributed by atoms with van der Waals surface area (Å²) in [4.78, 5) is 0. The van der Waals surface area contributed by atoms with Crippen LogP contribution >= 0.6 is 27.5 Å². The molecule has 1 nitrogen and oxygen atoms in total. The molecule has 1 aromatic carbocycles. The Hall–Kier alpha value is -0.0500. The number of hydrogen-bond acceptors (Lipinski definition) is 1. The Bertz CT molecular complexity index is 329. The van der Waals surface area contributed by atoms with Crippen molar-refractivity contribution in [3.05, 3.63) is 34.3 Å². The fraction of sp³-hybridized carbons (Fsp3) is 0.538. The standard InChI is InChI=1S/C13H19BrClN/c1-3-13(2,8-9-15)16-10-11-6-4-5-7-12(11)14/h4-7,16H,3,8-10H2,1-2H3. The van der Waals surface area contributed by atoms with Gasteiger partial charge in [0.15, 0.2) is 0 Å². The molecule has 90 valence electrons. The van der Waals surface area contributed by atoms with Crippen molar-refractivity contribution in [2.75, 3.05) is 5.88 Å². The zero-order chi connectivity index (χ0) is 12.0. The molecule has 1 unspecified atom stereocenters. The lowest BCUT2D eigenvalue weighted by atomic mass is 9.95. The highest BCUT2D eigenvalue weighted by atomic mass is 79.9. The molecule has 0 aromatic heterocycles. The monoisotopic (exact) mass is 303 g/mol. The van der Waals surface area contributed by atoms with Crippen LogP contribution in [0.5, 0.6) is 0 Å². The zero-order valence-corrected chi connectivity index (χ0v) is 12.2. The summed E-state index contributed by atoms with van der Waals surface area (Å²) in [6.07, 6.45) is 2.08. The minimum atomic E-state index is 0.136. The van der Waals surface area contributed by atoms with Crippen LogP contribution in [0.15, 0.2) is 28.7 Å². The average Bonchev–Trinajstić information content (AvgIpc) is 2.28. The lowest BCUT2D eigenvalue weighted by Gasteiger charge is -2.29. The van der Waals surface area contributed by atoms with Crippen molar-refractivity contribution >= 4 is 27.5 Å². The van der Waals surface area contributed by atoms with Gasteiger partial charge < -0.3 is 5.32 Å². The maximum absolute atomic E-state index is 5.83. The molecule has 0 amide bonds. The molecular weight excluding hydrogens is 286 g/mol. The van der Waals surface area contributed by atoms with E-state index in [0.717, 1.165) is 23.9 Å². The summed E-state index contributed by atoms with van der Waals surface area (Å²) >= 11 is 9.39. The van der Waals surface area contributed by atoms with Crippen LogP contribution in [0, 0.1) is 0 Å². The number of alkyl halides is 1. The maximum atomic E-state index is 5.83. The Kier molecular flexibility index (Phi) is 5.81. The van der Waals surface area contributed by atoms with Crippen LogP contribution in [0.3, 0.4) is 0 Å². The Morgan fingerprint density at radius 1 is 1.38 bits per heavy atom. The van der Waals surface area contributed by atoms with Crippen molar-refractivity contribution in [2.24, 2.45) is 0 Å². The third kappa shape index (κ3) is 4.08. The topological polar surface area (TPSA) is 12.0 Å². The van der Waals surface area contributed by atoms with Crippen LogP contribution in [0.1, 0.15) is 32.3 Å². The molecule has 0 radical (unpaired) electrons. The average molecular weight is 305 g/mol. The van der Waals surface area contributed by atoms with E-state index in [2.05, 4.69) is 53.3 Å². The van der Waals surface area contributed by atoms with Crippen molar-refractivity contribution in [3.8, 4) is 0 Å². The second-order valence-electron chi connectivity index (χ2n) is 4.30. The van der Waals surface area contributed by atoms with E-state index < -0.39 is 0 Å². The molecule has 0 saturated carbocycles. The van der Waals surface area contributed by atoms with Crippen LogP contribution in [-0.4, -0.2) is 11.4 Å². The highest BCUT2D eigenvalue weighted by Gasteiger charge is 2.20. The third-order valence-corrected chi connectivity index (χ3v) is 4.05. The smallest absolute Gasteiger partial charge is 0.0240 e. The molecule has 0 aliphatic carbocycles. The Labute approximate surface area is 112 Å². The molecule has 0 aliphatic heterocycles. The maximum Gasteiger partial charge on any atom is 0.0240 e. The van der Waals surface area contributed by atoms with Crippen LogP contribution < -0.4 is 5.32 Å². The molecule has 1 N–H and O–H groups in total. The number of benzene rings is 1. The highest BCUT2D eigenvalue weighted by Crippen LogP contribution is 2.19. The predicted molar refractivity (Wildman–Crippen MR) is 75.0 cm³/mol. The fourth-order valence-corrected chi connectivity index (χ4v) is 2.39. The summed E-state index contributed by atoms with van der Waals surface area (Å²) < 4.78 is 1.16. The van der Waals surface area contributed by atoms with Gasteiger partial charge in [0.05, 0.1) is 0 Å². The molecule has 0 heterocycles. The molecule has 0 fully saturated rings. The number of hydrogen-bond donors (Lipinski definition) is 1. The van der Waals surface area contributed by atoms with Gasteiger partial charge in [-0.2, -0.15) is 0 Å². The van der Waals surface area contributed by atoms with Crippen molar-refractivity contribution in [1.29, 1.82) is 0 Å². The van der Waals surface area contributed by atoms with Crippen LogP contribution in [0.25, 0.3) is 0 Å². The molecule has 1 rings (SSSR count). The SMILES string of the molecule is CCC(C)(CCCl)NCc1ccccc1Br. The lowest BCUT2D eigenvalue weighted by Crippen LogP contribution is -2.41. The minimum absolute atomic E-state index is 0.136. The normalized spacial score (nSPS) is 14.8. The summed E-state index contributed by atoms with van der Waals surface area (Å²) in [5, 5.41) is 3.59. The Morgan fingerprint density at radius 3 is 2.62 bits per heavy atom. The molecule has 3 heteroatoms. The molecule has 16 heavy (non-hydrogen) atoms. The van der Waals surface area contributed by atoms with Crippen LogP contribution in [0.2, 0.25) is 0 Å².